The zero-order valence-corrected chi connectivity index (χ0v) is 65.9. The van der Waals surface area contributed by atoms with Gasteiger partial charge in [-0.05, 0) is 68.7 Å². The molecule has 3 fully saturated rings. The van der Waals surface area contributed by atoms with Gasteiger partial charge in [0.1, 0.15) is 35.6 Å². The number of aliphatic imine (C=N–C) groups is 3. The molecule has 6 aromatic rings. The Balaban J connectivity index is 0.000000180. The first kappa shape index (κ1) is 86.4. The summed E-state index contributed by atoms with van der Waals surface area (Å²) >= 11 is 19.8. The topological polar surface area (TPSA) is 329 Å². The molecule has 604 valence electrons. The van der Waals surface area contributed by atoms with Gasteiger partial charge in [0.25, 0.3) is 17.8 Å². The summed E-state index contributed by atoms with van der Waals surface area (Å²) < 4.78 is 145. The number of benzene rings is 3. The third-order valence-electron chi connectivity index (χ3n) is 18.8. The maximum Gasteiger partial charge on any atom is 0.372 e. The minimum Gasteiger partial charge on any atom is -0.481 e. The number of amidine groups is 3. The minimum absolute atomic E-state index is 0.00636. The lowest BCUT2D eigenvalue weighted by molar-refractivity contribution is -0.150. The van der Waals surface area contributed by atoms with Crippen LogP contribution in [0.5, 0.6) is 0 Å². The van der Waals surface area contributed by atoms with E-state index in [4.69, 9.17) is 42.5 Å². The Labute approximate surface area is 669 Å². The molecule has 0 spiro atoms. The fourth-order valence-electron chi connectivity index (χ4n) is 13.6. The molecule has 6 N–H and O–H groups in total. The average molecular weight is 1740 g/mol. The number of aromatic nitrogens is 3. The number of esters is 3. The lowest BCUT2D eigenvalue weighted by Gasteiger charge is -2.31. The second kappa shape index (κ2) is 37.1. The highest BCUT2D eigenvalue weighted by Gasteiger charge is 2.52. The van der Waals surface area contributed by atoms with E-state index >= 15 is 0 Å². The van der Waals surface area contributed by atoms with Gasteiger partial charge in [0, 0.05) is 141 Å². The van der Waals surface area contributed by atoms with Crippen LogP contribution in [0.3, 0.4) is 0 Å². The van der Waals surface area contributed by atoms with Crippen molar-refractivity contribution in [3.05, 3.63) is 187 Å². The summed E-state index contributed by atoms with van der Waals surface area (Å²) in [7, 11) is 1.18. The molecular formula is C73H72BrCl2F9N12O13S3. The lowest BCUT2D eigenvalue weighted by atomic mass is 9.94. The molecule has 3 saturated heterocycles. The molecule has 6 aliphatic rings. The molecule has 0 saturated carbocycles. The molecule has 6 aliphatic heterocycles. The summed E-state index contributed by atoms with van der Waals surface area (Å²) in [5.41, 5.74) is 1.92. The zero-order chi connectivity index (χ0) is 82.1. The third kappa shape index (κ3) is 21.3. The monoisotopic (exact) mass is 1740 g/mol. The summed E-state index contributed by atoms with van der Waals surface area (Å²) in [5.74, 6) is -20.8. The number of ether oxygens (including phenoxy) is 3. The minimum atomic E-state index is -3.32. The highest BCUT2D eigenvalue weighted by Crippen LogP contribution is 2.45. The van der Waals surface area contributed by atoms with E-state index in [1.807, 2.05) is 0 Å². The van der Waals surface area contributed by atoms with Crippen LogP contribution in [0.1, 0.15) is 110 Å². The number of thiazole rings is 3. The maximum atomic E-state index is 14.8. The smallest absolute Gasteiger partial charge is 0.372 e. The molecule has 8 atom stereocenters. The fourth-order valence-corrected chi connectivity index (χ4v) is 16.5. The van der Waals surface area contributed by atoms with Gasteiger partial charge < -0.3 is 45.5 Å². The van der Waals surface area contributed by atoms with E-state index in [1.165, 1.54) is 112 Å². The number of carboxylic acids is 3. The number of likely N-dealkylation sites (tertiary alicyclic amines) is 3. The molecule has 113 heavy (non-hydrogen) atoms. The van der Waals surface area contributed by atoms with Crippen molar-refractivity contribution in [1.82, 2.24) is 45.6 Å². The average Bonchev–Trinajstić information content (AvgIpc) is 1.69. The van der Waals surface area contributed by atoms with Gasteiger partial charge in [0.2, 0.25) is 5.78 Å². The molecule has 0 radical (unpaired) electrons. The van der Waals surface area contributed by atoms with Crippen LogP contribution in [0.15, 0.2) is 143 Å². The highest BCUT2D eigenvalue weighted by molar-refractivity contribution is 9.10. The molecule has 4 unspecified atom stereocenters. The number of halogens is 12. The normalized spacial score (nSPS) is 21.9. The Morgan fingerprint density at radius 2 is 0.956 bits per heavy atom. The van der Waals surface area contributed by atoms with Crippen LogP contribution in [-0.2, 0) is 47.8 Å². The molecule has 3 aromatic heterocycles. The van der Waals surface area contributed by atoms with Gasteiger partial charge in [0.15, 0.2) is 32.5 Å². The van der Waals surface area contributed by atoms with E-state index in [-0.39, 0.29) is 114 Å². The predicted octanol–water partition coefficient (Wildman–Crippen LogP) is 12.5. The summed E-state index contributed by atoms with van der Waals surface area (Å²) in [4.78, 5) is 116. The third-order valence-corrected chi connectivity index (χ3v) is 22.5. The first-order valence-corrected chi connectivity index (χ1v) is 38.9. The first-order valence-electron chi connectivity index (χ1n) is 34.7. The molecule has 9 heterocycles. The molecular weight excluding hydrogens is 1670 g/mol. The van der Waals surface area contributed by atoms with Crippen molar-refractivity contribution < 1.29 is 103 Å². The highest BCUT2D eigenvalue weighted by atomic mass is 79.9. The Morgan fingerprint density at radius 1 is 0.575 bits per heavy atom. The van der Waals surface area contributed by atoms with Crippen LogP contribution >= 0.6 is 73.1 Å². The van der Waals surface area contributed by atoms with Gasteiger partial charge in [-0.3, -0.25) is 44.1 Å². The largest absolute Gasteiger partial charge is 0.481 e. The zero-order valence-electron chi connectivity index (χ0n) is 60.4. The number of nitrogens with one attached hydrogen (secondary N) is 3. The number of nitrogens with zero attached hydrogens (tertiary/aromatic N) is 9. The number of ketones is 1. The van der Waals surface area contributed by atoms with Crippen molar-refractivity contribution in [2.75, 3.05) is 66.1 Å². The predicted molar refractivity (Wildman–Crippen MR) is 402 cm³/mol. The van der Waals surface area contributed by atoms with Crippen molar-refractivity contribution in [3.8, 4) is 0 Å². The summed E-state index contributed by atoms with van der Waals surface area (Å²) in [6.07, 6.45) is 2.88. The summed E-state index contributed by atoms with van der Waals surface area (Å²) in [6, 6.07) is 6.75. The number of hydrogen-bond donors (Lipinski definition) is 6. The number of methoxy groups -OCH3 is 1. The van der Waals surface area contributed by atoms with Crippen LogP contribution in [0.25, 0.3) is 0 Å². The second-order valence-electron chi connectivity index (χ2n) is 26.9. The molecule has 40 heteroatoms. The number of rotatable bonds is 26. The molecule has 0 amide bonds. The SMILES string of the molecule is CCOC(=O)C1=C(CN2CC(CC(=O)C(=O)O)C(F)(F)C2)NC(c2nccs2)=NC1c1ccc(F)cc1Br.CCOC(=O)C1=C(CN2CC(F)(F)C[C@H]2CC(C)C(=O)O)NC(c2nccs2)=N[C@H]1c1ccc(F)cc1Cl.COC(=O)C1=C(CN2CC(F)(F)C[C@H]2CC(C)C(=O)O)NC(c2nccs2)=N[C@H]1c1ccc(F)cc1Cl. The van der Waals surface area contributed by atoms with Crippen LogP contribution in [0, 0.1) is 35.2 Å². The second-order valence-corrected chi connectivity index (χ2v) is 31.2. The number of carbonyl (C=O) groups excluding carboxylic acids is 4. The first-order chi connectivity index (χ1) is 53.5. The van der Waals surface area contributed by atoms with Gasteiger partial charge in [-0.15, -0.1) is 34.0 Å². The molecule has 12 rings (SSSR count). The Bertz CT molecular complexity index is 4770. The van der Waals surface area contributed by atoms with E-state index in [0.717, 1.165) is 12.1 Å². The fraction of sp³-hybridized carbons (Fsp3) is 0.411. The molecule has 25 nitrogen and oxygen atoms in total. The Hall–Kier alpha value is -9.02. The number of aliphatic carboxylic acids is 3. The van der Waals surface area contributed by atoms with Crippen molar-refractivity contribution >= 4 is 132 Å². The number of carbonyl (C=O) groups is 7. The van der Waals surface area contributed by atoms with Crippen LogP contribution in [0.4, 0.5) is 39.5 Å². The van der Waals surface area contributed by atoms with E-state index in [0.29, 0.717) is 36.2 Å². The van der Waals surface area contributed by atoms with E-state index < -0.39 is 164 Å². The standard InChI is InChI=1S/C25H26ClF3N4O4S.C24H22BrF3N4O5S.C24H24ClF3N4O4S/c1-3-37-24(36)19-18(11-33-12-25(28,29)10-15(33)8-13(2)23(34)35)31-21(22-30-6-7-38-22)32-20(19)16-5-4-14(27)9-17(16)26;1-2-37-23(36)18-16(10-32-9-12(24(27,28)11-32)7-17(33)22(34)35)30-20(21-29-5-6-38-21)31-19(18)14-4-3-13(26)8-15(14)25;1-12(22(33)34)7-14-9-24(27,28)11-32(14)10-17-18(23(35)36-2)19(15-4-3-13(26)8-16(15)25)31-20(30-17)21-29-5-6-37-21/h4-7,9,13,15,20H,3,8,10-12H2,1-2H3,(H,31,32)(H,34,35);3-6,8,12,19H,2,7,9-11H2,1H3,(H,30,31)(H,34,35);3-6,8,12,14,19H,7,9-11H2,1-2H3,(H,30,31)(H,33,34)/t13?,15-,20+;;12?,14-,19+/m1.1/s1. The van der Waals surface area contributed by atoms with E-state index in [2.05, 4.69) is 61.8 Å². The Morgan fingerprint density at radius 3 is 1.31 bits per heavy atom. The molecule has 0 aliphatic carbocycles. The number of carboxylic acid groups (broad SMARTS) is 3. The van der Waals surface area contributed by atoms with Crippen LogP contribution in [-0.4, -0.2) is 200 Å². The van der Waals surface area contributed by atoms with Gasteiger partial charge in [-0.1, -0.05) is 71.2 Å². The van der Waals surface area contributed by atoms with E-state index in [1.54, 1.807) is 48.6 Å². The van der Waals surface area contributed by atoms with Crippen LogP contribution < -0.4 is 16.0 Å². The van der Waals surface area contributed by atoms with Crippen molar-refractivity contribution in [3.63, 3.8) is 0 Å². The van der Waals surface area contributed by atoms with Crippen molar-refractivity contribution in [1.29, 1.82) is 0 Å². The van der Waals surface area contributed by atoms with Crippen molar-refractivity contribution in [2.45, 2.75) is 108 Å². The van der Waals surface area contributed by atoms with Crippen LogP contribution in [0.2, 0.25) is 10.0 Å². The van der Waals surface area contributed by atoms with Gasteiger partial charge in [-0.2, -0.15) is 0 Å². The maximum absolute atomic E-state index is 14.8. The number of hydrogen-bond acceptors (Lipinski definition) is 25. The molecule has 0 bridgehead atoms. The quantitative estimate of drug-likeness (QED) is 0.0127. The van der Waals surface area contributed by atoms with Gasteiger partial charge >= 0.3 is 35.8 Å². The van der Waals surface area contributed by atoms with E-state index in [9.17, 15) is 83.3 Å². The Kier molecular flexibility index (Phi) is 28.3. The van der Waals surface area contributed by atoms with Crippen molar-refractivity contribution in [2.24, 2.45) is 32.7 Å². The summed E-state index contributed by atoms with van der Waals surface area (Å²) in [6.45, 7) is 3.55. The van der Waals surface area contributed by atoms with Gasteiger partial charge in [-0.25, -0.2) is 73.6 Å². The van der Waals surface area contributed by atoms with Gasteiger partial charge in [0.05, 0.1) is 68.5 Å². The number of Topliss-reactive ketones (excluding diaryl/α,β-unsaturated/α-hetero) is 1. The number of alkyl halides is 6. The lowest BCUT2D eigenvalue weighted by Crippen LogP contribution is -2.42. The summed E-state index contributed by atoms with van der Waals surface area (Å²) in [5, 5.41) is 43.4. The molecule has 3 aromatic carbocycles.